The first-order valence-corrected chi connectivity index (χ1v) is 21.1. The Labute approximate surface area is 361 Å². The molecular weight excluding hydrogens is 753 g/mol. The molecule has 0 saturated carbocycles. The van der Waals surface area contributed by atoms with Gasteiger partial charge in [-0.3, -0.25) is 0 Å². The summed E-state index contributed by atoms with van der Waals surface area (Å²) in [6.45, 7) is 0. The lowest BCUT2D eigenvalue weighted by Crippen LogP contribution is -2.36. The smallest absolute Gasteiger partial charge is 0.164 e. The first-order valence-electron chi connectivity index (χ1n) is 21.1. The highest BCUT2D eigenvalue weighted by Gasteiger charge is 2.51. The van der Waals surface area contributed by atoms with E-state index in [0.717, 1.165) is 44.9 Å². The highest BCUT2D eigenvalue weighted by molar-refractivity contribution is 5.96. The number of rotatable bonds is 6. The third-order valence-corrected chi connectivity index (χ3v) is 12.6. The number of benzene rings is 9. The molecule has 4 nitrogen and oxygen atoms in total. The summed E-state index contributed by atoms with van der Waals surface area (Å²) in [5.74, 6) is 1.87. The van der Waals surface area contributed by atoms with Crippen LogP contribution in [-0.2, 0) is 5.41 Å². The second-order valence-corrected chi connectivity index (χ2v) is 16.0. The Morgan fingerprint density at radius 2 is 0.645 bits per heavy atom. The molecule has 4 heteroatoms. The van der Waals surface area contributed by atoms with Gasteiger partial charge < -0.3 is 4.90 Å². The molecule has 2 heterocycles. The van der Waals surface area contributed by atoms with Gasteiger partial charge in [-0.1, -0.05) is 206 Å². The van der Waals surface area contributed by atoms with E-state index in [1.165, 1.54) is 44.5 Å². The van der Waals surface area contributed by atoms with Gasteiger partial charge in [-0.05, 0) is 79.9 Å². The molecule has 2 aliphatic rings. The molecular formula is C58H38N4. The Morgan fingerprint density at radius 1 is 0.274 bits per heavy atom. The molecule has 12 rings (SSSR count). The average Bonchev–Trinajstić information content (AvgIpc) is 3.65. The minimum Gasteiger partial charge on any atom is -0.310 e. The van der Waals surface area contributed by atoms with Gasteiger partial charge in [0.25, 0.3) is 0 Å². The predicted octanol–water partition coefficient (Wildman–Crippen LogP) is 14.4. The van der Waals surface area contributed by atoms with Crippen molar-refractivity contribution in [2.24, 2.45) is 0 Å². The van der Waals surface area contributed by atoms with Crippen LogP contribution in [0.2, 0.25) is 0 Å². The second-order valence-electron chi connectivity index (χ2n) is 16.0. The normalized spacial score (nSPS) is 12.9. The summed E-state index contributed by atoms with van der Waals surface area (Å²) in [5.41, 5.74) is 17.8. The van der Waals surface area contributed by atoms with Gasteiger partial charge in [0, 0.05) is 22.4 Å². The van der Waals surface area contributed by atoms with Crippen LogP contribution in [0, 0.1) is 0 Å². The summed E-state index contributed by atoms with van der Waals surface area (Å²) in [4.78, 5) is 18.0. The van der Waals surface area contributed by atoms with Crippen molar-refractivity contribution in [3.63, 3.8) is 0 Å². The third kappa shape index (κ3) is 5.65. The molecule has 9 aromatic carbocycles. The predicted molar refractivity (Wildman–Crippen MR) is 253 cm³/mol. The lowest BCUT2D eigenvalue weighted by atomic mass is 9.64. The van der Waals surface area contributed by atoms with Crippen LogP contribution in [0.5, 0.6) is 0 Å². The van der Waals surface area contributed by atoms with Gasteiger partial charge in [0.1, 0.15) is 0 Å². The summed E-state index contributed by atoms with van der Waals surface area (Å²) < 4.78 is 0. The van der Waals surface area contributed by atoms with Crippen LogP contribution in [-0.4, -0.2) is 15.0 Å². The monoisotopic (exact) mass is 790 g/mol. The number of hydrogen-bond acceptors (Lipinski definition) is 4. The van der Waals surface area contributed by atoms with Crippen molar-refractivity contribution >= 4 is 17.1 Å². The number of fused-ring (bicyclic) bond motifs is 9. The van der Waals surface area contributed by atoms with E-state index in [9.17, 15) is 0 Å². The maximum atomic E-state index is 5.26. The Kier molecular flexibility index (Phi) is 8.36. The van der Waals surface area contributed by atoms with Crippen molar-refractivity contribution < 1.29 is 0 Å². The maximum absolute atomic E-state index is 5.26. The van der Waals surface area contributed by atoms with Gasteiger partial charge in [-0.2, -0.15) is 0 Å². The molecule has 0 radical (unpaired) electrons. The molecule has 0 bridgehead atoms. The number of para-hydroxylation sites is 2. The lowest BCUT2D eigenvalue weighted by Gasteiger charge is -2.45. The Balaban J connectivity index is 1.03. The number of nitrogens with zero attached hydrogens (tertiary/aromatic N) is 4. The summed E-state index contributed by atoms with van der Waals surface area (Å²) in [6.07, 6.45) is 0. The van der Waals surface area contributed by atoms with Crippen LogP contribution in [0.4, 0.5) is 17.1 Å². The lowest BCUT2D eigenvalue weighted by molar-refractivity contribution is 0.752. The fourth-order valence-corrected chi connectivity index (χ4v) is 9.75. The minimum absolute atomic E-state index is 0.536. The molecule has 0 atom stereocenters. The molecule has 1 spiro atoms. The largest absolute Gasteiger partial charge is 0.310 e. The zero-order valence-corrected chi connectivity index (χ0v) is 33.7. The van der Waals surface area contributed by atoms with Crippen molar-refractivity contribution in [2.75, 3.05) is 4.90 Å². The van der Waals surface area contributed by atoms with Crippen molar-refractivity contribution in [3.05, 3.63) is 253 Å². The summed E-state index contributed by atoms with van der Waals surface area (Å²) in [5, 5.41) is 0. The number of aromatic nitrogens is 3. The molecule has 0 N–H and O–H groups in total. The fraction of sp³-hybridized carbons (Fsp3) is 0.0172. The zero-order chi connectivity index (χ0) is 41.0. The van der Waals surface area contributed by atoms with E-state index in [0.29, 0.717) is 17.5 Å². The van der Waals surface area contributed by atoms with Crippen LogP contribution in [0.3, 0.4) is 0 Å². The van der Waals surface area contributed by atoms with Gasteiger partial charge in [-0.25, -0.2) is 15.0 Å². The third-order valence-electron chi connectivity index (χ3n) is 12.6. The molecule has 0 fully saturated rings. The number of hydrogen-bond donors (Lipinski definition) is 0. The summed E-state index contributed by atoms with van der Waals surface area (Å²) >= 11 is 0. The molecule has 0 saturated heterocycles. The van der Waals surface area contributed by atoms with Crippen LogP contribution >= 0.6 is 0 Å². The van der Waals surface area contributed by atoms with Crippen molar-refractivity contribution in [2.45, 2.75) is 5.41 Å². The van der Waals surface area contributed by atoms with Crippen LogP contribution < -0.4 is 4.90 Å². The van der Waals surface area contributed by atoms with Crippen molar-refractivity contribution in [3.8, 4) is 67.5 Å². The van der Waals surface area contributed by atoms with E-state index in [4.69, 9.17) is 15.0 Å². The molecule has 290 valence electrons. The fourth-order valence-electron chi connectivity index (χ4n) is 9.75. The zero-order valence-electron chi connectivity index (χ0n) is 33.7. The Morgan fingerprint density at radius 3 is 1.21 bits per heavy atom. The van der Waals surface area contributed by atoms with Crippen LogP contribution in [0.25, 0.3) is 67.5 Å². The molecule has 0 amide bonds. The molecule has 1 aliphatic heterocycles. The highest BCUT2D eigenvalue weighted by Crippen LogP contribution is 2.63. The Bertz CT molecular complexity index is 3230. The van der Waals surface area contributed by atoms with Gasteiger partial charge in [0.05, 0.1) is 16.8 Å². The average molecular weight is 791 g/mol. The maximum Gasteiger partial charge on any atom is 0.164 e. The van der Waals surface area contributed by atoms with Crippen molar-refractivity contribution in [1.82, 2.24) is 15.0 Å². The van der Waals surface area contributed by atoms with Crippen molar-refractivity contribution in [1.29, 1.82) is 0 Å². The SMILES string of the molecule is c1ccc(-c2ccc(-c3ccc(-c4nc(-c5ccccc5)nc(-c5ccc6c(c5)N(c5ccccc5)c5ccccc5C65c6ccccc6-c6ccccc65)n4)cc3)cc2)cc1. The van der Waals surface area contributed by atoms with E-state index in [-0.39, 0.29) is 0 Å². The quantitative estimate of drug-likeness (QED) is 0.168. The van der Waals surface area contributed by atoms with E-state index in [1.807, 2.05) is 24.3 Å². The van der Waals surface area contributed by atoms with Crippen LogP contribution in [0.1, 0.15) is 22.3 Å². The van der Waals surface area contributed by atoms with Gasteiger partial charge in [0.15, 0.2) is 17.5 Å². The first-order chi connectivity index (χ1) is 30.7. The first kappa shape index (κ1) is 35.7. The molecule has 1 aromatic heterocycles. The summed E-state index contributed by atoms with van der Waals surface area (Å²) in [6, 6.07) is 82.2. The minimum atomic E-state index is -0.536. The highest BCUT2D eigenvalue weighted by atomic mass is 15.2. The van der Waals surface area contributed by atoms with E-state index in [1.54, 1.807) is 0 Å². The van der Waals surface area contributed by atoms with E-state index < -0.39 is 5.41 Å². The topological polar surface area (TPSA) is 41.9 Å². The Hall–Kier alpha value is -8.21. The van der Waals surface area contributed by atoms with Gasteiger partial charge in [0.2, 0.25) is 0 Å². The van der Waals surface area contributed by atoms with E-state index in [2.05, 4.69) is 211 Å². The van der Waals surface area contributed by atoms with E-state index >= 15 is 0 Å². The van der Waals surface area contributed by atoms with Crippen LogP contribution in [0.15, 0.2) is 231 Å². The standard InChI is InChI=1S/C58H38N4/c1-4-16-39(17-5-1)40-28-30-41(31-29-40)42-32-34-44(35-33-42)56-59-55(43-18-6-2-7-19-43)60-57(61-56)45-36-37-52-54(38-45)62(46-20-8-3-9-21-46)53-27-15-14-26-51(53)58(52)49-24-12-10-22-47(49)48-23-11-13-25-50(48)58/h1-38H. The number of anilines is 3. The van der Waals surface area contributed by atoms with Gasteiger partial charge in [-0.15, -0.1) is 0 Å². The summed E-state index contributed by atoms with van der Waals surface area (Å²) in [7, 11) is 0. The van der Waals surface area contributed by atoms with Gasteiger partial charge >= 0.3 is 0 Å². The molecule has 0 unspecified atom stereocenters. The second kappa shape index (κ2) is 14.5. The molecule has 1 aliphatic carbocycles. The molecule has 62 heavy (non-hydrogen) atoms. The molecule has 10 aromatic rings.